The highest BCUT2D eigenvalue weighted by atomic mass is 79.9. The molecule has 0 radical (unpaired) electrons. The van der Waals surface area contributed by atoms with Gasteiger partial charge in [-0.2, -0.15) is 5.10 Å². The number of carbonyl (C=O) groups excluding carboxylic acids is 1. The van der Waals surface area contributed by atoms with Crippen LogP contribution in [0.1, 0.15) is 41.2 Å². The highest BCUT2D eigenvalue weighted by Gasteiger charge is 2.26. The predicted molar refractivity (Wildman–Crippen MR) is 101 cm³/mol. The molecular weight excluding hydrogens is 392 g/mol. The molecule has 3 rings (SSSR count). The lowest BCUT2D eigenvalue weighted by molar-refractivity contribution is 0.0906. The molecule has 2 heterocycles. The SMILES string of the molecule is CC(C)(Cc1ccc(Br)cc1)NC(=O)c1n[nH]c2c1CNCC2.Cl. The van der Waals surface area contributed by atoms with Gasteiger partial charge in [0.2, 0.25) is 0 Å². The second-order valence-electron chi connectivity index (χ2n) is 6.60. The van der Waals surface area contributed by atoms with Gasteiger partial charge in [0.25, 0.3) is 5.91 Å². The van der Waals surface area contributed by atoms with Crippen LogP contribution in [0, 0.1) is 0 Å². The lowest BCUT2D eigenvalue weighted by atomic mass is 9.94. The summed E-state index contributed by atoms with van der Waals surface area (Å²) in [6, 6.07) is 8.17. The zero-order valence-electron chi connectivity index (χ0n) is 13.8. The van der Waals surface area contributed by atoms with E-state index in [1.54, 1.807) is 0 Å². The number of nitrogens with one attached hydrogen (secondary N) is 3. The van der Waals surface area contributed by atoms with E-state index in [9.17, 15) is 4.79 Å². The smallest absolute Gasteiger partial charge is 0.272 e. The molecule has 130 valence electrons. The number of nitrogens with zero attached hydrogens (tertiary/aromatic N) is 1. The van der Waals surface area contributed by atoms with Gasteiger partial charge in [0.05, 0.1) is 0 Å². The minimum absolute atomic E-state index is 0. The average Bonchev–Trinajstić information content (AvgIpc) is 2.93. The normalized spacial score (nSPS) is 13.8. The van der Waals surface area contributed by atoms with Gasteiger partial charge in [-0.1, -0.05) is 28.1 Å². The number of H-pyrrole nitrogens is 1. The molecule has 1 aromatic carbocycles. The summed E-state index contributed by atoms with van der Waals surface area (Å²) in [5, 5.41) is 13.6. The summed E-state index contributed by atoms with van der Waals surface area (Å²) in [6.45, 7) is 5.68. The minimum atomic E-state index is -0.348. The quantitative estimate of drug-likeness (QED) is 0.722. The van der Waals surface area contributed by atoms with Gasteiger partial charge >= 0.3 is 0 Å². The van der Waals surface area contributed by atoms with Gasteiger partial charge < -0.3 is 10.6 Å². The Hall–Kier alpha value is -1.37. The van der Waals surface area contributed by atoms with E-state index in [0.29, 0.717) is 12.2 Å². The highest BCUT2D eigenvalue weighted by Crippen LogP contribution is 2.19. The molecule has 0 saturated heterocycles. The number of aromatic nitrogens is 2. The summed E-state index contributed by atoms with van der Waals surface area (Å²) in [5.74, 6) is -0.117. The van der Waals surface area contributed by atoms with Crippen molar-refractivity contribution in [2.45, 2.75) is 38.8 Å². The summed E-state index contributed by atoms with van der Waals surface area (Å²) in [4.78, 5) is 12.6. The zero-order chi connectivity index (χ0) is 16.4. The van der Waals surface area contributed by atoms with Crippen LogP contribution >= 0.6 is 28.3 Å². The Kier molecular flexibility index (Phi) is 6.06. The number of hydrogen-bond acceptors (Lipinski definition) is 3. The maximum atomic E-state index is 12.6. The lowest BCUT2D eigenvalue weighted by Crippen LogP contribution is -2.45. The molecule has 7 heteroatoms. The Morgan fingerprint density at radius 1 is 1.33 bits per heavy atom. The first-order chi connectivity index (χ1) is 10.9. The van der Waals surface area contributed by atoms with Crippen LogP contribution in [0.5, 0.6) is 0 Å². The fourth-order valence-electron chi connectivity index (χ4n) is 2.94. The number of hydrogen-bond donors (Lipinski definition) is 3. The Morgan fingerprint density at radius 2 is 2.04 bits per heavy atom. The monoisotopic (exact) mass is 412 g/mol. The largest absolute Gasteiger partial charge is 0.345 e. The van der Waals surface area contributed by atoms with E-state index < -0.39 is 0 Å². The molecule has 0 saturated carbocycles. The lowest BCUT2D eigenvalue weighted by Gasteiger charge is -2.26. The average molecular weight is 414 g/mol. The van der Waals surface area contributed by atoms with Crippen LogP contribution < -0.4 is 10.6 Å². The van der Waals surface area contributed by atoms with Crippen LogP contribution in [0.15, 0.2) is 28.7 Å². The van der Waals surface area contributed by atoms with Gasteiger partial charge in [-0.15, -0.1) is 12.4 Å². The van der Waals surface area contributed by atoms with Gasteiger partial charge in [-0.05, 0) is 38.0 Å². The molecule has 3 N–H and O–H groups in total. The first-order valence-corrected chi connectivity index (χ1v) is 8.58. The number of rotatable bonds is 4. The van der Waals surface area contributed by atoms with Gasteiger partial charge in [0.1, 0.15) is 0 Å². The van der Waals surface area contributed by atoms with Crippen LogP contribution in [0.25, 0.3) is 0 Å². The molecule has 0 aliphatic carbocycles. The molecule has 1 aliphatic rings. The van der Waals surface area contributed by atoms with Crippen molar-refractivity contribution in [3.8, 4) is 0 Å². The van der Waals surface area contributed by atoms with Crippen molar-refractivity contribution in [1.82, 2.24) is 20.8 Å². The second kappa shape index (κ2) is 7.68. The maximum Gasteiger partial charge on any atom is 0.272 e. The molecule has 0 bridgehead atoms. The van der Waals surface area contributed by atoms with Gasteiger partial charge in [0, 0.05) is 40.8 Å². The summed E-state index contributed by atoms with van der Waals surface area (Å²) in [6.07, 6.45) is 1.65. The third kappa shape index (κ3) is 4.37. The van der Waals surface area contributed by atoms with E-state index in [1.807, 2.05) is 26.0 Å². The Bertz CT molecular complexity index is 712. The third-order valence-electron chi connectivity index (χ3n) is 4.03. The van der Waals surface area contributed by atoms with E-state index >= 15 is 0 Å². The number of aromatic amines is 1. The van der Waals surface area contributed by atoms with Crippen molar-refractivity contribution in [2.75, 3.05) is 6.54 Å². The summed E-state index contributed by atoms with van der Waals surface area (Å²) in [7, 11) is 0. The first kappa shape index (κ1) is 19.0. The molecule has 1 aromatic heterocycles. The summed E-state index contributed by atoms with van der Waals surface area (Å²) >= 11 is 3.44. The van der Waals surface area contributed by atoms with E-state index in [4.69, 9.17) is 0 Å². The Labute approximate surface area is 156 Å². The molecular formula is C17H22BrClN4O. The topological polar surface area (TPSA) is 69.8 Å². The predicted octanol–water partition coefficient (Wildman–Crippen LogP) is 2.99. The van der Waals surface area contributed by atoms with Crippen LogP contribution in [-0.4, -0.2) is 28.2 Å². The molecule has 0 unspecified atom stereocenters. The number of benzene rings is 1. The van der Waals surface area contributed by atoms with Gasteiger partial charge in [0.15, 0.2) is 5.69 Å². The fraction of sp³-hybridized carbons (Fsp3) is 0.412. The molecule has 1 amide bonds. The summed E-state index contributed by atoms with van der Waals surface area (Å²) < 4.78 is 1.05. The van der Waals surface area contributed by atoms with E-state index in [1.165, 1.54) is 5.56 Å². The van der Waals surface area contributed by atoms with Crippen LogP contribution in [-0.2, 0) is 19.4 Å². The second-order valence-corrected chi connectivity index (χ2v) is 7.51. The van der Waals surface area contributed by atoms with Crippen LogP contribution in [0.3, 0.4) is 0 Å². The molecule has 1 aliphatic heterocycles. The van der Waals surface area contributed by atoms with E-state index in [2.05, 4.69) is 48.9 Å². The number of halogens is 2. The van der Waals surface area contributed by atoms with Crippen molar-refractivity contribution in [1.29, 1.82) is 0 Å². The van der Waals surface area contributed by atoms with Gasteiger partial charge in [-0.25, -0.2) is 0 Å². The molecule has 0 spiro atoms. The van der Waals surface area contributed by atoms with Crippen LogP contribution in [0.4, 0.5) is 0 Å². The van der Waals surface area contributed by atoms with Crippen molar-refractivity contribution in [3.05, 3.63) is 51.3 Å². The zero-order valence-corrected chi connectivity index (χ0v) is 16.2. The molecule has 24 heavy (non-hydrogen) atoms. The Balaban J connectivity index is 0.00000208. The molecule has 5 nitrogen and oxygen atoms in total. The van der Waals surface area contributed by atoms with E-state index in [-0.39, 0.29) is 23.9 Å². The molecule has 2 aromatic rings. The number of fused-ring (bicyclic) bond motifs is 1. The standard InChI is InChI=1S/C17H21BrN4O.ClH/c1-17(2,9-11-3-5-12(18)6-4-11)20-16(23)15-13-10-19-8-7-14(13)21-22-15;/h3-6,19H,7-10H2,1-2H3,(H,20,23)(H,21,22);1H. The van der Waals surface area contributed by atoms with Crippen molar-refractivity contribution in [3.63, 3.8) is 0 Å². The maximum absolute atomic E-state index is 12.6. The fourth-order valence-corrected chi connectivity index (χ4v) is 3.20. The van der Waals surface area contributed by atoms with E-state index in [0.717, 1.165) is 35.1 Å². The first-order valence-electron chi connectivity index (χ1n) is 7.78. The Morgan fingerprint density at radius 3 is 2.75 bits per heavy atom. The third-order valence-corrected chi connectivity index (χ3v) is 4.56. The highest BCUT2D eigenvalue weighted by molar-refractivity contribution is 9.10. The number of carbonyl (C=O) groups is 1. The van der Waals surface area contributed by atoms with Gasteiger partial charge in [-0.3, -0.25) is 9.89 Å². The van der Waals surface area contributed by atoms with Crippen molar-refractivity contribution in [2.24, 2.45) is 0 Å². The summed E-state index contributed by atoms with van der Waals surface area (Å²) in [5.41, 5.74) is 3.41. The van der Waals surface area contributed by atoms with Crippen molar-refractivity contribution >= 4 is 34.2 Å². The van der Waals surface area contributed by atoms with Crippen LogP contribution in [0.2, 0.25) is 0 Å². The minimum Gasteiger partial charge on any atom is -0.345 e. The molecule has 0 fully saturated rings. The van der Waals surface area contributed by atoms with Crippen molar-refractivity contribution < 1.29 is 4.79 Å². The molecule has 0 atom stereocenters. The number of amides is 1.